The van der Waals surface area contributed by atoms with E-state index >= 15 is 0 Å². The summed E-state index contributed by atoms with van der Waals surface area (Å²) in [5.41, 5.74) is 2.71. The maximum atomic E-state index is 12.3. The quantitative estimate of drug-likeness (QED) is 0.707. The van der Waals surface area contributed by atoms with E-state index in [0.717, 1.165) is 23.6 Å². The normalized spacial score (nSPS) is 17.8. The van der Waals surface area contributed by atoms with Gasteiger partial charge in [-0.05, 0) is 33.6 Å². The van der Waals surface area contributed by atoms with E-state index in [4.69, 9.17) is 9.15 Å². The Hall–Kier alpha value is -2.23. The molecule has 0 spiro atoms. The summed E-state index contributed by atoms with van der Waals surface area (Å²) in [5, 5.41) is 9.52. The first-order valence-electron chi connectivity index (χ1n) is 10.2. The first kappa shape index (κ1) is 22.5. The van der Waals surface area contributed by atoms with Crippen molar-refractivity contribution < 1.29 is 13.9 Å². The fraction of sp³-hybridized carbons (Fsp3) is 0.700. The molecule has 1 atom stereocenters. The lowest BCUT2D eigenvalue weighted by Gasteiger charge is -2.34. The van der Waals surface area contributed by atoms with Gasteiger partial charge in [-0.25, -0.2) is 9.78 Å². The number of nitrogens with zero attached hydrogens (tertiary/aromatic N) is 5. The first-order valence-corrected chi connectivity index (χ1v) is 11.2. The zero-order chi connectivity index (χ0) is 21.9. The van der Waals surface area contributed by atoms with Crippen LogP contribution in [0.15, 0.2) is 21.8 Å². The van der Waals surface area contributed by atoms with Crippen LogP contribution in [0, 0.1) is 0 Å². The summed E-state index contributed by atoms with van der Waals surface area (Å²) in [6.07, 6.45) is 5.06. The van der Waals surface area contributed by atoms with E-state index in [1.165, 1.54) is 16.7 Å². The highest BCUT2D eigenvalue weighted by Gasteiger charge is 2.28. The SMILES string of the molecule is CC(C)(C)OC(=O)N1CCC[C@@H](Nn2ncc(SCc3ncc(C(C)(C)C)o3)n2)C1. The van der Waals surface area contributed by atoms with Crippen molar-refractivity contribution in [2.24, 2.45) is 0 Å². The van der Waals surface area contributed by atoms with Crippen molar-refractivity contribution in [1.29, 1.82) is 0 Å². The minimum absolute atomic E-state index is 0.0594. The van der Waals surface area contributed by atoms with Gasteiger partial charge in [0, 0.05) is 18.5 Å². The number of ether oxygens (including phenoxy) is 1. The van der Waals surface area contributed by atoms with Crippen LogP contribution in [0.25, 0.3) is 0 Å². The fourth-order valence-corrected chi connectivity index (χ4v) is 3.64. The minimum atomic E-state index is -0.496. The molecular weight excluding hydrogens is 404 g/mol. The average molecular weight is 437 g/mol. The van der Waals surface area contributed by atoms with Crippen LogP contribution in [-0.4, -0.2) is 55.8 Å². The number of hydrogen-bond acceptors (Lipinski definition) is 8. The van der Waals surface area contributed by atoms with E-state index in [0.29, 0.717) is 24.7 Å². The summed E-state index contributed by atoms with van der Waals surface area (Å²) in [4.78, 5) is 19.9. The van der Waals surface area contributed by atoms with Gasteiger partial charge in [0.05, 0.1) is 24.2 Å². The molecule has 0 radical (unpaired) electrons. The second kappa shape index (κ2) is 8.87. The van der Waals surface area contributed by atoms with Gasteiger partial charge in [-0.3, -0.25) is 5.43 Å². The van der Waals surface area contributed by atoms with Crippen molar-refractivity contribution in [1.82, 2.24) is 25.0 Å². The number of amides is 1. The van der Waals surface area contributed by atoms with Crippen molar-refractivity contribution in [3.63, 3.8) is 0 Å². The molecule has 1 N–H and O–H groups in total. The highest BCUT2D eigenvalue weighted by molar-refractivity contribution is 7.98. The van der Waals surface area contributed by atoms with Crippen molar-refractivity contribution in [2.75, 3.05) is 18.5 Å². The Bertz CT molecular complexity index is 851. The Morgan fingerprint density at radius 3 is 2.73 bits per heavy atom. The molecule has 0 aliphatic carbocycles. The fourth-order valence-electron chi connectivity index (χ4n) is 2.97. The molecule has 1 fully saturated rings. The first-order chi connectivity index (χ1) is 14.0. The molecule has 0 saturated carbocycles. The third-order valence-electron chi connectivity index (χ3n) is 4.48. The number of thioether (sulfide) groups is 1. The third kappa shape index (κ3) is 6.38. The van der Waals surface area contributed by atoms with Crippen LogP contribution in [0.2, 0.25) is 0 Å². The topological polar surface area (TPSA) is 98.3 Å². The number of oxazole rings is 1. The van der Waals surface area contributed by atoms with E-state index < -0.39 is 5.60 Å². The van der Waals surface area contributed by atoms with E-state index in [1.807, 2.05) is 20.8 Å². The molecule has 9 nitrogen and oxygen atoms in total. The van der Waals surface area contributed by atoms with Gasteiger partial charge in [0.2, 0.25) is 5.89 Å². The molecule has 2 aromatic rings. The molecule has 1 aliphatic heterocycles. The Kier molecular flexibility index (Phi) is 6.64. The molecule has 10 heteroatoms. The van der Waals surface area contributed by atoms with Crippen molar-refractivity contribution in [2.45, 2.75) is 82.2 Å². The summed E-state index contributed by atoms with van der Waals surface area (Å²) >= 11 is 1.52. The van der Waals surface area contributed by atoms with Gasteiger partial charge in [0.1, 0.15) is 16.4 Å². The van der Waals surface area contributed by atoms with Gasteiger partial charge in [-0.1, -0.05) is 37.4 Å². The van der Waals surface area contributed by atoms with E-state index in [-0.39, 0.29) is 17.6 Å². The monoisotopic (exact) mass is 436 g/mol. The van der Waals surface area contributed by atoms with Gasteiger partial charge >= 0.3 is 6.09 Å². The summed E-state index contributed by atoms with van der Waals surface area (Å²) in [6.45, 7) is 13.2. The zero-order valence-electron chi connectivity index (χ0n) is 18.6. The van der Waals surface area contributed by atoms with Crippen LogP contribution in [0.4, 0.5) is 4.79 Å². The molecule has 1 saturated heterocycles. The maximum Gasteiger partial charge on any atom is 0.410 e. The van der Waals surface area contributed by atoms with Crippen molar-refractivity contribution >= 4 is 17.9 Å². The number of rotatable bonds is 5. The van der Waals surface area contributed by atoms with Crippen LogP contribution in [0.3, 0.4) is 0 Å². The Labute approximate surface area is 181 Å². The van der Waals surface area contributed by atoms with Gasteiger partial charge in [0.15, 0.2) is 0 Å². The molecule has 1 amide bonds. The van der Waals surface area contributed by atoms with Crippen LogP contribution in [-0.2, 0) is 15.9 Å². The predicted octanol–water partition coefficient (Wildman–Crippen LogP) is 3.80. The van der Waals surface area contributed by atoms with Crippen LogP contribution < -0.4 is 5.43 Å². The zero-order valence-corrected chi connectivity index (χ0v) is 19.5. The minimum Gasteiger partial charge on any atom is -0.444 e. The number of carbonyl (C=O) groups excluding carboxylic acids is 1. The van der Waals surface area contributed by atoms with Crippen molar-refractivity contribution in [3.8, 4) is 0 Å². The van der Waals surface area contributed by atoms with Gasteiger partial charge in [-0.2, -0.15) is 0 Å². The van der Waals surface area contributed by atoms with E-state index in [1.54, 1.807) is 17.3 Å². The highest BCUT2D eigenvalue weighted by atomic mass is 32.2. The lowest BCUT2D eigenvalue weighted by Crippen LogP contribution is -2.48. The van der Waals surface area contributed by atoms with Gasteiger partial charge < -0.3 is 14.1 Å². The molecule has 0 aromatic carbocycles. The number of aromatic nitrogens is 4. The van der Waals surface area contributed by atoms with Gasteiger partial charge in [0.25, 0.3) is 0 Å². The Morgan fingerprint density at radius 1 is 1.30 bits per heavy atom. The van der Waals surface area contributed by atoms with Crippen LogP contribution in [0.1, 0.15) is 66.0 Å². The molecule has 166 valence electrons. The van der Waals surface area contributed by atoms with E-state index in [2.05, 4.69) is 41.4 Å². The highest BCUT2D eigenvalue weighted by Crippen LogP contribution is 2.26. The smallest absolute Gasteiger partial charge is 0.410 e. The Balaban J connectivity index is 1.50. The average Bonchev–Trinajstić information content (AvgIpc) is 3.28. The molecule has 30 heavy (non-hydrogen) atoms. The number of hydrogen-bond donors (Lipinski definition) is 1. The summed E-state index contributed by atoms with van der Waals surface area (Å²) < 4.78 is 11.3. The maximum absolute atomic E-state index is 12.3. The number of nitrogens with one attached hydrogen (secondary N) is 1. The molecule has 3 rings (SSSR count). The van der Waals surface area contributed by atoms with Crippen LogP contribution in [0.5, 0.6) is 0 Å². The van der Waals surface area contributed by atoms with Gasteiger partial charge in [-0.15, -0.1) is 10.2 Å². The molecule has 0 bridgehead atoms. The van der Waals surface area contributed by atoms with Crippen molar-refractivity contribution in [3.05, 3.63) is 24.0 Å². The summed E-state index contributed by atoms with van der Waals surface area (Å²) in [7, 11) is 0. The third-order valence-corrected chi connectivity index (χ3v) is 5.35. The number of piperidine rings is 1. The molecule has 1 aliphatic rings. The lowest BCUT2D eigenvalue weighted by atomic mass is 9.94. The lowest BCUT2D eigenvalue weighted by molar-refractivity contribution is 0.0201. The number of likely N-dealkylation sites (tertiary alicyclic amines) is 1. The summed E-state index contributed by atoms with van der Waals surface area (Å²) in [5.74, 6) is 2.13. The molecule has 3 heterocycles. The number of carbonyl (C=O) groups is 1. The Morgan fingerprint density at radius 2 is 2.07 bits per heavy atom. The standard InChI is InChI=1S/C20H32N6O3S/c1-19(2,3)15-10-21-16(28-15)13-30-17-11-22-26(24-17)23-14-8-7-9-25(12-14)18(27)29-20(4,5)6/h10-11,14,23H,7-9,12-13H2,1-6H3/t14-/m1/s1. The molecular formula is C20H32N6O3S. The largest absolute Gasteiger partial charge is 0.444 e. The molecule has 0 unspecified atom stereocenters. The van der Waals surface area contributed by atoms with E-state index in [9.17, 15) is 4.79 Å². The summed E-state index contributed by atoms with van der Waals surface area (Å²) in [6, 6.07) is 0.0672. The second-order valence-electron chi connectivity index (χ2n) is 9.52. The van der Waals surface area contributed by atoms with Crippen LogP contribution >= 0.6 is 11.8 Å². The second-order valence-corrected chi connectivity index (χ2v) is 10.5. The predicted molar refractivity (Wildman–Crippen MR) is 115 cm³/mol. The molecule has 2 aromatic heterocycles.